The Hall–Kier alpha value is -1.27. The minimum Gasteiger partial charge on any atom is -0.339 e. The normalized spacial score (nSPS) is 12.1. The van der Waals surface area contributed by atoms with Crippen molar-refractivity contribution in [3.8, 4) is 0 Å². The summed E-state index contributed by atoms with van der Waals surface area (Å²) in [5.74, 6) is 6.98. The van der Waals surface area contributed by atoms with Gasteiger partial charge < -0.3 is 10.3 Å². The number of hydrogen-bond acceptors (Lipinski definition) is 5. The van der Waals surface area contributed by atoms with Gasteiger partial charge in [-0.1, -0.05) is 6.92 Å². The number of hydrazine groups is 1. The van der Waals surface area contributed by atoms with Crippen LogP contribution >= 0.6 is 11.8 Å². The van der Waals surface area contributed by atoms with Gasteiger partial charge in [0.05, 0.1) is 0 Å². The minimum atomic E-state index is 0.00667. The second-order valence-electron chi connectivity index (χ2n) is 4.78. The summed E-state index contributed by atoms with van der Waals surface area (Å²) in [6.45, 7) is 4.07. The van der Waals surface area contributed by atoms with Gasteiger partial charge >= 0.3 is 0 Å². The number of nitrogens with one attached hydrogen (secondary N) is 1. The van der Waals surface area contributed by atoms with Crippen LogP contribution in [0.4, 0.5) is 5.82 Å². The number of nitrogen functional groups attached to an aromatic ring is 1. The van der Waals surface area contributed by atoms with Crippen LogP contribution in [0.5, 0.6) is 0 Å². The number of rotatable bonds is 7. The lowest BCUT2D eigenvalue weighted by Gasteiger charge is -2.25. The summed E-state index contributed by atoms with van der Waals surface area (Å²) in [4.78, 5) is 18.6. The predicted molar refractivity (Wildman–Crippen MR) is 86.0 cm³/mol. The van der Waals surface area contributed by atoms with Crippen molar-refractivity contribution in [2.75, 3.05) is 24.5 Å². The van der Waals surface area contributed by atoms with E-state index < -0.39 is 0 Å². The molecule has 1 heterocycles. The molecule has 1 atom stereocenters. The summed E-state index contributed by atoms with van der Waals surface area (Å²) >= 11 is 1.79. The quantitative estimate of drug-likeness (QED) is 0.596. The maximum atomic E-state index is 12.5. The molecule has 0 aliphatic carbocycles. The van der Waals surface area contributed by atoms with Crippen LogP contribution in [0.1, 0.15) is 36.3 Å². The van der Waals surface area contributed by atoms with E-state index in [-0.39, 0.29) is 11.9 Å². The Morgan fingerprint density at radius 3 is 2.80 bits per heavy atom. The third-order valence-electron chi connectivity index (χ3n) is 3.36. The fraction of sp³-hybridized carbons (Fsp3) is 0.571. The number of pyridine rings is 1. The zero-order chi connectivity index (χ0) is 15.1. The van der Waals surface area contributed by atoms with Gasteiger partial charge in [0.15, 0.2) is 0 Å². The lowest BCUT2D eigenvalue weighted by Crippen LogP contribution is -2.35. The summed E-state index contributed by atoms with van der Waals surface area (Å²) in [5, 5.41) is 0. The Morgan fingerprint density at radius 1 is 1.55 bits per heavy atom. The molecule has 0 saturated carbocycles. The van der Waals surface area contributed by atoms with Gasteiger partial charge in [0.1, 0.15) is 5.82 Å². The number of nitrogens with zero attached hydrogens (tertiary/aromatic N) is 2. The first-order chi connectivity index (χ1) is 9.53. The van der Waals surface area contributed by atoms with E-state index in [1.165, 1.54) is 0 Å². The van der Waals surface area contributed by atoms with Crippen molar-refractivity contribution in [3.63, 3.8) is 0 Å². The summed E-state index contributed by atoms with van der Waals surface area (Å²) in [6, 6.07) is 3.74. The van der Waals surface area contributed by atoms with Crippen LogP contribution in [-0.2, 0) is 6.42 Å². The average molecular weight is 296 g/mol. The van der Waals surface area contributed by atoms with Crippen LogP contribution < -0.4 is 11.3 Å². The van der Waals surface area contributed by atoms with Crippen LogP contribution in [0.2, 0.25) is 0 Å². The number of anilines is 1. The number of nitrogens with two attached hydrogens (primary N) is 1. The van der Waals surface area contributed by atoms with Crippen molar-refractivity contribution < 1.29 is 4.79 Å². The van der Waals surface area contributed by atoms with E-state index in [4.69, 9.17) is 5.84 Å². The standard InChI is InChI=1S/C14H24N4OS/c1-5-12-8-11(9-13(16-12)17-15)14(19)18(3)10(2)6-7-20-4/h8-10H,5-7,15H2,1-4H3,(H,16,17). The first-order valence-corrected chi connectivity index (χ1v) is 8.16. The zero-order valence-electron chi connectivity index (χ0n) is 12.6. The Morgan fingerprint density at radius 2 is 2.25 bits per heavy atom. The average Bonchev–Trinajstić information content (AvgIpc) is 2.50. The predicted octanol–water partition coefficient (Wildman–Crippen LogP) is 2.14. The molecule has 1 rings (SSSR count). The molecule has 6 heteroatoms. The van der Waals surface area contributed by atoms with Gasteiger partial charge in [-0.3, -0.25) is 4.79 Å². The van der Waals surface area contributed by atoms with Crippen molar-refractivity contribution >= 4 is 23.5 Å². The molecule has 5 nitrogen and oxygen atoms in total. The Bertz CT molecular complexity index is 431. The highest BCUT2D eigenvalue weighted by atomic mass is 32.2. The van der Waals surface area contributed by atoms with E-state index in [9.17, 15) is 4.79 Å². The maximum absolute atomic E-state index is 12.5. The minimum absolute atomic E-state index is 0.00667. The molecule has 1 amide bonds. The van der Waals surface area contributed by atoms with Crippen LogP contribution in [0, 0.1) is 0 Å². The van der Waals surface area contributed by atoms with Crippen LogP contribution in [0.3, 0.4) is 0 Å². The van der Waals surface area contributed by atoms with Crippen molar-refractivity contribution in [2.45, 2.75) is 32.7 Å². The molecule has 20 heavy (non-hydrogen) atoms. The molecule has 0 bridgehead atoms. The number of thioether (sulfide) groups is 1. The van der Waals surface area contributed by atoms with Gasteiger partial charge in [-0.25, -0.2) is 10.8 Å². The zero-order valence-corrected chi connectivity index (χ0v) is 13.5. The summed E-state index contributed by atoms with van der Waals surface area (Å²) in [7, 11) is 1.84. The van der Waals surface area contributed by atoms with E-state index in [0.29, 0.717) is 11.4 Å². The Labute approximate surface area is 125 Å². The Balaban J connectivity index is 2.90. The lowest BCUT2D eigenvalue weighted by atomic mass is 10.1. The fourth-order valence-electron chi connectivity index (χ4n) is 1.85. The molecule has 1 unspecified atom stereocenters. The highest BCUT2D eigenvalue weighted by Gasteiger charge is 2.18. The van der Waals surface area contributed by atoms with E-state index in [1.807, 2.05) is 20.0 Å². The van der Waals surface area contributed by atoms with Crippen molar-refractivity contribution in [1.29, 1.82) is 0 Å². The van der Waals surface area contributed by atoms with Crippen LogP contribution in [0.15, 0.2) is 12.1 Å². The van der Waals surface area contributed by atoms with Gasteiger partial charge in [0.2, 0.25) is 0 Å². The molecule has 0 fully saturated rings. The number of aromatic nitrogens is 1. The summed E-state index contributed by atoms with van der Waals surface area (Å²) in [6.07, 6.45) is 3.82. The van der Waals surface area contributed by atoms with Gasteiger partial charge in [-0.05, 0) is 43.9 Å². The first kappa shape index (κ1) is 16.8. The van der Waals surface area contributed by atoms with E-state index in [2.05, 4.69) is 23.6 Å². The molecule has 3 N–H and O–H groups in total. The van der Waals surface area contributed by atoms with E-state index in [1.54, 1.807) is 22.7 Å². The smallest absolute Gasteiger partial charge is 0.254 e. The second kappa shape index (κ2) is 8.11. The molecular weight excluding hydrogens is 272 g/mol. The largest absolute Gasteiger partial charge is 0.339 e. The molecule has 0 spiro atoms. The lowest BCUT2D eigenvalue weighted by molar-refractivity contribution is 0.0741. The van der Waals surface area contributed by atoms with Crippen molar-refractivity contribution in [2.24, 2.45) is 5.84 Å². The number of amides is 1. The second-order valence-corrected chi connectivity index (χ2v) is 5.76. The molecular formula is C14H24N4OS. The molecule has 0 aromatic carbocycles. The molecule has 0 saturated heterocycles. The number of aryl methyl sites for hydroxylation is 1. The van der Waals surface area contributed by atoms with Gasteiger partial charge in [-0.2, -0.15) is 11.8 Å². The van der Waals surface area contributed by atoms with Crippen LogP contribution in [-0.4, -0.2) is 40.9 Å². The van der Waals surface area contributed by atoms with E-state index in [0.717, 1.165) is 24.3 Å². The van der Waals surface area contributed by atoms with Crippen LogP contribution in [0.25, 0.3) is 0 Å². The van der Waals surface area contributed by atoms with E-state index >= 15 is 0 Å². The van der Waals surface area contributed by atoms with Crippen molar-refractivity contribution in [3.05, 3.63) is 23.4 Å². The van der Waals surface area contributed by atoms with Crippen molar-refractivity contribution in [1.82, 2.24) is 9.88 Å². The van der Waals surface area contributed by atoms with Gasteiger partial charge in [0.25, 0.3) is 5.91 Å². The highest BCUT2D eigenvalue weighted by molar-refractivity contribution is 7.98. The molecule has 1 aromatic heterocycles. The maximum Gasteiger partial charge on any atom is 0.254 e. The highest BCUT2D eigenvalue weighted by Crippen LogP contribution is 2.15. The van der Waals surface area contributed by atoms with Gasteiger partial charge in [-0.15, -0.1) is 0 Å². The summed E-state index contributed by atoms with van der Waals surface area (Å²) < 4.78 is 0. The third-order valence-corrected chi connectivity index (χ3v) is 4.00. The number of carbonyl (C=O) groups excluding carboxylic acids is 1. The third kappa shape index (κ3) is 4.38. The molecule has 1 aromatic rings. The monoisotopic (exact) mass is 296 g/mol. The first-order valence-electron chi connectivity index (χ1n) is 6.77. The topological polar surface area (TPSA) is 71.2 Å². The SMILES string of the molecule is CCc1cc(C(=O)N(C)C(C)CCSC)cc(NN)n1. The molecule has 112 valence electrons. The number of hydrogen-bond donors (Lipinski definition) is 2. The van der Waals surface area contributed by atoms with Gasteiger partial charge in [0, 0.05) is 24.3 Å². The molecule has 0 aliphatic heterocycles. The molecule has 0 radical (unpaired) electrons. The fourth-order valence-corrected chi connectivity index (χ4v) is 2.43. The Kier molecular flexibility index (Phi) is 6.81. The summed E-state index contributed by atoms with van der Waals surface area (Å²) in [5.41, 5.74) is 4.00. The number of carbonyl (C=O) groups is 1. The molecule has 0 aliphatic rings.